The molecular formula is C26H25Cl2NO. The van der Waals surface area contributed by atoms with Crippen LogP contribution >= 0.6 is 23.2 Å². The highest BCUT2D eigenvalue weighted by Crippen LogP contribution is 2.47. The monoisotopic (exact) mass is 437 g/mol. The van der Waals surface area contributed by atoms with E-state index in [9.17, 15) is 4.79 Å². The maximum absolute atomic E-state index is 12.9. The Kier molecular flexibility index (Phi) is 6.46. The van der Waals surface area contributed by atoms with Crippen molar-refractivity contribution in [2.24, 2.45) is 5.92 Å². The lowest BCUT2D eigenvalue weighted by molar-refractivity contribution is -0.123. The van der Waals surface area contributed by atoms with Crippen molar-refractivity contribution in [1.82, 2.24) is 5.32 Å². The molecule has 0 aromatic heterocycles. The minimum Gasteiger partial charge on any atom is -0.353 e. The summed E-state index contributed by atoms with van der Waals surface area (Å²) in [7, 11) is 0. The molecule has 0 heterocycles. The number of amides is 1. The molecule has 4 unspecified atom stereocenters. The first-order chi connectivity index (χ1) is 14.5. The average molecular weight is 438 g/mol. The van der Waals surface area contributed by atoms with E-state index in [2.05, 4.69) is 36.5 Å². The van der Waals surface area contributed by atoms with Crippen LogP contribution in [-0.4, -0.2) is 11.9 Å². The van der Waals surface area contributed by atoms with Gasteiger partial charge in [0.05, 0.1) is 0 Å². The van der Waals surface area contributed by atoms with Crippen LogP contribution in [0.3, 0.4) is 0 Å². The molecule has 2 nitrogen and oxygen atoms in total. The summed E-state index contributed by atoms with van der Waals surface area (Å²) < 4.78 is 0. The summed E-state index contributed by atoms with van der Waals surface area (Å²) in [5, 5.41) is 4.73. The van der Waals surface area contributed by atoms with Crippen molar-refractivity contribution in [2.45, 2.75) is 37.6 Å². The van der Waals surface area contributed by atoms with Crippen LogP contribution in [0.4, 0.5) is 0 Å². The molecule has 30 heavy (non-hydrogen) atoms. The van der Waals surface area contributed by atoms with E-state index in [0.717, 1.165) is 23.4 Å². The SMILES string of the molecule is CC(NC(=O)C1CC1c1ccccc1)C(Cc1ccc(Cl)cc1)c1ccc(Cl)cc1. The number of halogens is 2. The molecule has 3 aromatic carbocycles. The van der Waals surface area contributed by atoms with Crippen LogP contribution < -0.4 is 5.32 Å². The van der Waals surface area contributed by atoms with E-state index in [1.807, 2.05) is 54.6 Å². The Morgan fingerprint density at radius 1 is 0.933 bits per heavy atom. The highest BCUT2D eigenvalue weighted by molar-refractivity contribution is 6.30. The van der Waals surface area contributed by atoms with Gasteiger partial charge in [0.25, 0.3) is 0 Å². The van der Waals surface area contributed by atoms with Crippen LogP contribution in [0.5, 0.6) is 0 Å². The number of hydrogen-bond acceptors (Lipinski definition) is 1. The Hall–Kier alpha value is -2.29. The Bertz CT molecular complexity index is 986. The molecule has 4 heteroatoms. The lowest BCUT2D eigenvalue weighted by atomic mass is 9.86. The van der Waals surface area contributed by atoms with Gasteiger partial charge in [-0.15, -0.1) is 0 Å². The largest absolute Gasteiger partial charge is 0.353 e. The van der Waals surface area contributed by atoms with Crippen molar-refractivity contribution >= 4 is 29.1 Å². The van der Waals surface area contributed by atoms with E-state index in [-0.39, 0.29) is 23.8 Å². The molecule has 1 aliphatic rings. The van der Waals surface area contributed by atoms with Gasteiger partial charge >= 0.3 is 0 Å². The van der Waals surface area contributed by atoms with E-state index in [1.165, 1.54) is 11.1 Å². The van der Waals surface area contributed by atoms with Gasteiger partial charge in [0.15, 0.2) is 0 Å². The number of benzene rings is 3. The third kappa shape index (κ3) is 5.06. The zero-order chi connectivity index (χ0) is 21.1. The molecule has 0 saturated heterocycles. The second kappa shape index (κ2) is 9.24. The zero-order valence-electron chi connectivity index (χ0n) is 16.9. The third-order valence-electron chi connectivity index (χ3n) is 6.00. The fourth-order valence-corrected chi connectivity index (χ4v) is 4.41. The van der Waals surface area contributed by atoms with E-state index >= 15 is 0 Å². The van der Waals surface area contributed by atoms with Crippen LogP contribution in [0.2, 0.25) is 10.0 Å². The van der Waals surface area contributed by atoms with Crippen molar-refractivity contribution in [1.29, 1.82) is 0 Å². The van der Waals surface area contributed by atoms with Gasteiger partial charge in [-0.3, -0.25) is 4.79 Å². The van der Waals surface area contributed by atoms with Crippen molar-refractivity contribution in [3.63, 3.8) is 0 Å². The average Bonchev–Trinajstić information content (AvgIpc) is 3.56. The minimum atomic E-state index is -0.00798. The van der Waals surface area contributed by atoms with Gasteiger partial charge in [-0.2, -0.15) is 0 Å². The maximum atomic E-state index is 12.9. The standard InChI is InChI=1S/C26H25Cl2NO/c1-17(29-26(30)25-16-24(25)19-5-3-2-4-6-19)23(20-9-13-22(28)14-10-20)15-18-7-11-21(27)12-8-18/h2-14,17,23-25H,15-16H2,1H3,(H,29,30). The first kappa shape index (κ1) is 21.0. The third-order valence-corrected chi connectivity index (χ3v) is 6.50. The van der Waals surface area contributed by atoms with Crippen molar-refractivity contribution in [3.8, 4) is 0 Å². The topological polar surface area (TPSA) is 29.1 Å². The van der Waals surface area contributed by atoms with E-state index in [4.69, 9.17) is 23.2 Å². The first-order valence-corrected chi connectivity index (χ1v) is 11.1. The highest BCUT2D eigenvalue weighted by Gasteiger charge is 2.44. The second-order valence-corrected chi connectivity index (χ2v) is 9.02. The van der Waals surface area contributed by atoms with Crippen LogP contribution in [-0.2, 0) is 11.2 Å². The van der Waals surface area contributed by atoms with E-state index in [0.29, 0.717) is 10.9 Å². The lowest BCUT2D eigenvalue weighted by Crippen LogP contribution is -2.39. The Morgan fingerprint density at radius 3 is 2.17 bits per heavy atom. The fourth-order valence-electron chi connectivity index (χ4n) is 4.15. The molecule has 1 saturated carbocycles. The molecule has 1 amide bonds. The van der Waals surface area contributed by atoms with E-state index in [1.54, 1.807) is 0 Å². The van der Waals surface area contributed by atoms with Crippen LogP contribution in [0.1, 0.15) is 41.9 Å². The van der Waals surface area contributed by atoms with Gasteiger partial charge in [-0.05, 0) is 66.6 Å². The summed E-state index contributed by atoms with van der Waals surface area (Å²) in [4.78, 5) is 12.9. The number of carbonyl (C=O) groups excluding carboxylic acids is 1. The zero-order valence-corrected chi connectivity index (χ0v) is 18.4. The Labute approximate surface area is 188 Å². The minimum absolute atomic E-state index is 0.00798. The molecule has 3 aromatic rings. The van der Waals surface area contributed by atoms with E-state index < -0.39 is 0 Å². The molecule has 4 atom stereocenters. The summed E-state index contributed by atoms with van der Waals surface area (Å²) in [6, 6.07) is 26.1. The summed E-state index contributed by atoms with van der Waals surface area (Å²) in [6.45, 7) is 2.09. The predicted molar refractivity (Wildman–Crippen MR) is 124 cm³/mol. The summed E-state index contributed by atoms with van der Waals surface area (Å²) in [6.07, 6.45) is 1.73. The molecular weight excluding hydrogens is 413 g/mol. The number of nitrogens with one attached hydrogen (secondary N) is 1. The second-order valence-electron chi connectivity index (χ2n) is 8.15. The van der Waals surface area contributed by atoms with Crippen LogP contribution in [0.25, 0.3) is 0 Å². The summed E-state index contributed by atoms with van der Waals surface area (Å²) in [5.41, 5.74) is 3.60. The summed E-state index contributed by atoms with van der Waals surface area (Å²) in [5.74, 6) is 0.688. The molecule has 1 fully saturated rings. The van der Waals surface area contributed by atoms with Crippen LogP contribution in [0.15, 0.2) is 78.9 Å². The Morgan fingerprint density at radius 2 is 1.53 bits per heavy atom. The molecule has 1 aliphatic carbocycles. The molecule has 0 spiro atoms. The van der Waals surface area contributed by atoms with Gasteiger partial charge in [0.1, 0.15) is 0 Å². The van der Waals surface area contributed by atoms with Crippen molar-refractivity contribution in [2.75, 3.05) is 0 Å². The predicted octanol–water partition coefficient (Wildman–Crippen LogP) is 6.63. The van der Waals surface area contributed by atoms with Gasteiger partial charge in [-0.1, -0.05) is 77.8 Å². The van der Waals surface area contributed by atoms with Crippen molar-refractivity contribution in [3.05, 3.63) is 106 Å². The number of carbonyl (C=O) groups is 1. The van der Waals surface area contributed by atoms with Gasteiger partial charge in [0, 0.05) is 27.9 Å². The first-order valence-electron chi connectivity index (χ1n) is 10.4. The van der Waals surface area contributed by atoms with Gasteiger partial charge in [0.2, 0.25) is 5.91 Å². The number of hydrogen-bond donors (Lipinski definition) is 1. The Balaban J connectivity index is 1.47. The molecule has 4 rings (SSSR count). The molecule has 1 N–H and O–H groups in total. The fraction of sp³-hybridized carbons (Fsp3) is 0.269. The quantitative estimate of drug-likeness (QED) is 0.441. The van der Waals surface area contributed by atoms with Gasteiger partial charge in [-0.25, -0.2) is 0 Å². The molecule has 0 radical (unpaired) electrons. The van der Waals surface area contributed by atoms with Crippen LogP contribution in [0, 0.1) is 5.92 Å². The molecule has 0 bridgehead atoms. The lowest BCUT2D eigenvalue weighted by Gasteiger charge is -2.26. The summed E-state index contributed by atoms with van der Waals surface area (Å²) >= 11 is 12.1. The maximum Gasteiger partial charge on any atom is 0.223 e. The van der Waals surface area contributed by atoms with Crippen molar-refractivity contribution < 1.29 is 4.79 Å². The molecule has 0 aliphatic heterocycles. The van der Waals surface area contributed by atoms with Gasteiger partial charge < -0.3 is 5.32 Å². The smallest absolute Gasteiger partial charge is 0.223 e. The highest BCUT2D eigenvalue weighted by atomic mass is 35.5. The molecule has 154 valence electrons. The number of rotatable bonds is 7. The normalized spacial score (nSPS) is 19.7.